The quantitative estimate of drug-likeness (QED) is 0.541. The third-order valence-corrected chi connectivity index (χ3v) is 4.29. The van der Waals surface area contributed by atoms with Crippen LogP contribution in [0.3, 0.4) is 0 Å². The average Bonchev–Trinajstić information content (AvgIpc) is 2.65. The molecule has 0 aromatic heterocycles. The molecule has 0 bridgehead atoms. The molecule has 0 saturated heterocycles. The summed E-state index contributed by atoms with van der Waals surface area (Å²) < 4.78 is 11.0. The predicted octanol–water partition coefficient (Wildman–Crippen LogP) is 5.01. The van der Waals surface area contributed by atoms with E-state index in [1.54, 1.807) is 0 Å². The second-order valence-electron chi connectivity index (χ2n) is 5.97. The van der Waals surface area contributed by atoms with Gasteiger partial charge in [-0.05, 0) is 55.2 Å². The number of nitrogens with zero attached hydrogens (tertiary/aromatic N) is 1. The van der Waals surface area contributed by atoms with Crippen LogP contribution in [0, 0.1) is 6.92 Å². The monoisotopic (exact) mass is 341 g/mol. The number of ether oxygens (including phenoxy) is 2. The summed E-state index contributed by atoms with van der Waals surface area (Å²) in [5, 5.41) is 11.3. The number of rotatable bonds is 8. The standard InChI is InChI=1S/C21H27NO3/c1-6-17-9-11-21(15(3)12-17)25-14-19-10-8-18(7-2)13-20(19)22(23)16(4)24-5/h8-13,23H,4,6-7,14H2,1-3,5H3. The largest absolute Gasteiger partial charge is 0.489 e. The van der Waals surface area contributed by atoms with Crippen LogP contribution in [0.2, 0.25) is 0 Å². The number of aryl methyl sites for hydroxylation is 3. The van der Waals surface area contributed by atoms with E-state index in [0.29, 0.717) is 12.3 Å². The van der Waals surface area contributed by atoms with Crippen LogP contribution in [-0.4, -0.2) is 12.3 Å². The highest BCUT2D eigenvalue weighted by atomic mass is 16.6. The van der Waals surface area contributed by atoms with Crippen LogP contribution in [0.1, 0.15) is 36.1 Å². The van der Waals surface area contributed by atoms with Gasteiger partial charge in [0.1, 0.15) is 12.4 Å². The minimum Gasteiger partial charge on any atom is -0.489 e. The predicted molar refractivity (Wildman–Crippen MR) is 101 cm³/mol. The highest BCUT2D eigenvalue weighted by Crippen LogP contribution is 2.27. The second kappa shape index (κ2) is 8.58. The molecule has 0 amide bonds. The molecule has 4 nitrogen and oxygen atoms in total. The summed E-state index contributed by atoms with van der Waals surface area (Å²) in [5.74, 6) is 1.01. The van der Waals surface area contributed by atoms with Crippen LogP contribution in [-0.2, 0) is 24.2 Å². The molecule has 0 spiro atoms. The maximum absolute atomic E-state index is 10.4. The molecule has 0 aliphatic rings. The van der Waals surface area contributed by atoms with Crippen molar-refractivity contribution in [3.63, 3.8) is 0 Å². The molecule has 0 atom stereocenters. The molecule has 4 heteroatoms. The van der Waals surface area contributed by atoms with Gasteiger partial charge in [0.05, 0.1) is 12.8 Å². The zero-order valence-electron chi connectivity index (χ0n) is 15.5. The number of anilines is 1. The second-order valence-corrected chi connectivity index (χ2v) is 5.97. The molecular weight excluding hydrogens is 314 g/mol. The van der Waals surface area contributed by atoms with Crippen molar-refractivity contribution in [1.29, 1.82) is 0 Å². The minimum absolute atomic E-state index is 0.165. The highest BCUT2D eigenvalue weighted by molar-refractivity contribution is 5.56. The fourth-order valence-electron chi connectivity index (χ4n) is 2.62. The van der Waals surface area contributed by atoms with Crippen molar-refractivity contribution in [3.8, 4) is 5.75 Å². The summed E-state index contributed by atoms with van der Waals surface area (Å²) in [6, 6.07) is 12.2. The van der Waals surface area contributed by atoms with Crippen molar-refractivity contribution in [3.05, 3.63) is 71.1 Å². The SMILES string of the molecule is C=C(OC)N(O)c1cc(CC)ccc1COc1ccc(CC)cc1C. The number of benzene rings is 2. The van der Waals surface area contributed by atoms with Gasteiger partial charge in [-0.3, -0.25) is 5.21 Å². The lowest BCUT2D eigenvalue weighted by molar-refractivity contribution is 0.178. The Morgan fingerprint density at radius 3 is 2.32 bits per heavy atom. The van der Waals surface area contributed by atoms with E-state index >= 15 is 0 Å². The molecule has 134 valence electrons. The van der Waals surface area contributed by atoms with Crippen molar-refractivity contribution < 1.29 is 14.7 Å². The van der Waals surface area contributed by atoms with E-state index in [1.165, 1.54) is 12.7 Å². The minimum atomic E-state index is 0.165. The van der Waals surface area contributed by atoms with Gasteiger partial charge in [0, 0.05) is 5.56 Å². The fraction of sp³-hybridized carbons (Fsp3) is 0.333. The first-order valence-corrected chi connectivity index (χ1v) is 8.56. The molecule has 0 saturated carbocycles. The molecule has 25 heavy (non-hydrogen) atoms. The molecule has 0 fully saturated rings. The number of methoxy groups -OCH3 is 1. The smallest absolute Gasteiger partial charge is 0.210 e. The lowest BCUT2D eigenvalue weighted by atomic mass is 10.1. The summed E-state index contributed by atoms with van der Waals surface area (Å²) in [4.78, 5) is 0. The summed E-state index contributed by atoms with van der Waals surface area (Å²) >= 11 is 0. The maximum Gasteiger partial charge on any atom is 0.210 e. The summed E-state index contributed by atoms with van der Waals surface area (Å²) in [6.45, 7) is 10.3. The van der Waals surface area contributed by atoms with Crippen molar-refractivity contribution in [2.75, 3.05) is 12.2 Å². The van der Waals surface area contributed by atoms with Crippen LogP contribution >= 0.6 is 0 Å². The molecule has 0 aliphatic carbocycles. The molecular formula is C21H27NO3. The zero-order valence-corrected chi connectivity index (χ0v) is 15.5. The molecule has 0 heterocycles. The van der Waals surface area contributed by atoms with Crippen LogP contribution in [0.25, 0.3) is 0 Å². The van der Waals surface area contributed by atoms with E-state index in [2.05, 4.69) is 32.6 Å². The third-order valence-electron chi connectivity index (χ3n) is 4.29. The van der Waals surface area contributed by atoms with Gasteiger partial charge in [-0.1, -0.05) is 38.1 Å². The molecule has 2 aromatic carbocycles. The maximum atomic E-state index is 10.4. The van der Waals surface area contributed by atoms with Gasteiger partial charge < -0.3 is 9.47 Å². The van der Waals surface area contributed by atoms with Gasteiger partial charge in [-0.25, -0.2) is 0 Å². The summed E-state index contributed by atoms with van der Waals surface area (Å²) in [7, 11) is 1.48. The van der Waals surface area contributed by atoms with E-state index in [4.69, 9.17) is 9.47 Å². The molecule has 2 rings (SSSR count). The highest BCUT2D eigenvalue weighted by Gasteiger charge is 2.14. The number of hydrogen-bond donors (Lipinski definition) is 1. The Bertz CT molecular complexity index is 740. The Hall–Kier alpha value is -2.46. The first-order valence-electron chi connectivity index (χ1n) is 8.56. The van der Waals surface area contributed by atoms with Crippen LogP contribution in [0.5, 0.6) is 5.75 Å². The van der Waals surface area contributed by atoms with E-state index < -0.39 is 0 Å². The van der Waals surface area contributed by atoms with Crippen LogP contribution in [0.4, 0.5) is 5.69 Å². The molecule has 0 unspecified atom stereocenters. The third kappa shape index (κ3) is 4.54. The molecule has 2 aromatic rings. The van der Waals surface area contributed by atoms with E-state index in [1.807, 2.05) is 31.2 Å². The van der Waals surface area contributed by atoms with Crippen molar-refractivity contribution in [2.24, 2.45) is 0 Å². The van der Waals surface area contributed by atoms with E-state index in [-0.39, 0.29) is 5.88 Å². The Morgan fingerprint density at radius 1 is 1.08 bits per heavy atom. The summed E-state index contributed by atoms with van der Waals surface area (Å²) in [6.07, 6.45) is 1.88. The van der Waals surface area contributed by atoms with E-state index in [9.17, 15) is 5.21 Å². The fourth-order valence-corrected chi connectivity index (χ4v) is 2.62. The Kier molecular flexibility index (Phi) is 6.48. The van der Waals surface area contributed by atoms with Gasteiger partial charge in [0.25, 0.3) is 0 Å². The first kappa shape index (κ1) is 18.9. The number of hydrogen-bond acceptors (Lipinski definition) is 4. The van der Waals surface area contributed by atoms with Gasteiger partial charge >= 0.3 is 0 Å². The average molecular weight is 341 g/mol. The molecule has 0 radical (unpaired) electrons. The number of hydroxylamine groups is 1. The topological polar surface area (TPSA) is 41.9 Å². The lowest BCUT2D eigenvalue weighted by Crippen LogP contribution is -2.20. The van der Waals surface area contributed by atoms with Crippen molar-refractivity contribution >= 4 is 5.69 Å². The van der Waals surface area contributed by atoms with Gasteiger partial charge in [-0.15, -0.1) is 0 Å². The van der Waals surface area contributed by atoms with Gasteiger partial charge in [0.15, 0.2) is 0 Å². The van der Waals surface area contributed by atoms with E-state index in [0.717, 1.165) is 40.3 Å². The molecule has 0 aliphatic heterocycles. The van der Waals surface area contributed by atoms with Crippen molar-refractivity contribution in [1.82, 2.24) is 0 Å². The Labute approximate surface area is 150 Å². The van der Waals surface area contributed by atoms with Crippen LogP contribution < -0.4 is 9.80 Å². The van der Waals surface area contributed by atoms with Crippen molar-refractivity contribution in [2.45, 2.75) is 40.2 Å². The lowest BCUT2D eigenvalue weighted by Gasteiger charge is -2.22. The summed E-state index contributed by atoms with van der Waals surface area (Å²) in [5.41, 5.74) is 4.99. The van der Waals surface area contributed by atoms with Gasteiger partial charge in [-0.2, -0.15) is 5.06 Å². The molecule has 1 N–H and O–H groups in total. The zero-order chi connectivity index (χ0) is 18.4. The Balaban J connectivity index is 2.25. The Morgan fingerprint density at radius 2 is 1.72 bits per heavy atom. The van der Waals surface area contributed by atoms with Crippen LogP contribution in [0.15, 0.2) is 48.9 Å². The van der Waals surface area contributed by atoms with Gasteiger partial charge in [0.2, 0.25) is 5.88 Å². The first-order chi connectivity index (χ1) is 12.0. The normalized spacial score (nSPS) is 10.4.